The van der Waals surface area contributed by atoms with Crippen LogP contribution in [0.5, 0.6) is 0 Å². The molecule has 0 radical (unpaired) electrons. The van der Waals surface area contributed by atoms with Gasteiger partial charge in [0.1, 0.15) is 24.4 Å². The first-order valence-corrected chi connectivity index (χ1v) is 12.6. The maximum absolute atomic E-state index is 12.1. The first-order valence-electron chi connectivity index (χ1n) is 12.6. The number of aliphatic hydroxyl groups is 6. The molecule has 0 aromatic heterocycles. The Morgan fingerprint density at radius 2 is 0.956 bits per heavy atom. The van der Waals surface area contributed by atoms with E-state index < -0.39 is 55.7 Å². The number of hydrogen-bond donors (Lipinski definition) is 7. The van der Waals surface area contributed by atoms with Gasteiger partial charge in [0.05, 0.1) is 32.0 Å². The molecule has 0 rings (SSSR count). The maximum Gasteiger partial charge on any atom is 0.297 e. The van der Waals surface area contributed by atoms with Crippen LogP contribution in [-0.2, 0) is 9.53 Å². The molecule has 0 aromatic carbocycles. The molecule has 9 nitrogen and oxygen atoms in total. The van der Waals surface area contributed by atoms with Crippen molar-refractivity contribution in [1.29, 1.82) is 0 Å². The highest BCUT2D eigenvalue weighted by atomic mass is 16.5. The Bertz CT molecular complexity index is 1800. The highest BCUT2D eigenvalue weighted by molar-refractivity contribution is 5.94. The molecule has 0 fully saturated rings. The van der Waals surface area contributed by atoms with Gasteiger partial charge in [-0.2, -0.15) is 0 Å². The average Bonchev–Trinajstić information content (AvgIpc) is 3.03. The fourth-order valence-electron chi connectivity index (χ4n) is 2.32. The summed E-state index contributed by atoms with van der Waals surface area (Å²) in [5.41, 5.74) is 0. The van der Waals surface area contributed by atoms with E-state index in [1.807, 2.05) is 0 Å². The number of nitrogens with one attached hydrogen (secondary N) is 1. The van der Waals surface area contributed by atoms with E-state index in [0.717, 1.165) is 0 Å². The molecule has 0 saturated heterocycles. The van der Waals surface area contributed by atoms with Crippen LogP contribution in [0.4, 0.5) is 0 Å². The summed E-state index contributed by atoms with van der Waals surface area (Å²) in [6, 6.07) is -1.14. The Hall–Kier alpha value is -6.09. The number of carbonyl (C=O) groups excluding carboxylic acids is 1. The summed E-state index contributed by atoms with van der Waals surface area (Å²) >= 11 is 0. The summed E-state index contributed by atoms with van der Waals surface area (Å²) in [5.74, 6) is 57.7. The zero-order chi connectivity index (χ0) is 33.5. The summed E-state index contributed by atoms with van der Waals surface area (Å²) in [6.45, 7) is 1.29. The van der Waals surface area contributed by atoms with E-state index in [1.54, 1.807) is 6.92 Å². The van der Waals surface area contributed by atoms with Crippen molar-refractivity contribution in [3.8, 4) is 142 Å². The summed E-state index contributed by atoms with van der Waals surface area (Å²) in [4.78, 5) is 12.1. The molecule has 0 aliphatic rings. The van der Waals surface area contributed by atoms with Crippen molar-refractivity contribution in [1.82, 2.24) is 5.32 Å². The fraction of sp³-hybridized carbons (Fsp3) is 0.306. The van der Waals surface area contributed by atoms with Crippen LogP contribution in [0.15, 0.2) is 0 Å². The number of carbonyl (C=O) groups is 1. The Balaban J connectivity index is 4.83. The van der Waals surface area contributed by atoms with Gasteiger partial charge in [0, 0.05) is 41.4 Å². The van der Waals surface area contributed by atoms with Crippen molar-refractivity contribution in [2.24, 2.45) is 0 Å². The molecular weight excluding hydrogens is 574 g/mol. The van der Waals surface area contributed by atoms with Crippen molar-refractivity contribution in [2.75, 3.05) is 19.8 Å². The number of rotatable bonds is 10. The highest BCUT2D eigenvalue weighted by Gasteiger charge is 2.27. The van der Waals surface area contributed by atoms with Crippen molar-refractivity contribution < 1.29 is 40.2 Å². The third-order valence-corrected chi connectivity index (χ3v) is 4.40. The molecule has 9 heteroatoms. The quantitative estimate of drug-likeness (QED) is 0.127. The molecule has 0 aliphatic heterocycles. The van der Waals surface area contributed by atoms with E-state index >= 15 is 0 Å². The monoisotopic (exact) mass is 599 g/mol. The van der Waals surface area contributed by atoms with E-state index in [2.05, 4.69) is 147 Å². The van der Waals surface area contributed by atoms with Crippen molar-refractivity contribution >= 4 is 5.91 Å². The van der Waals surface area contributed by atoms with E-state index in [0.29, 0.717) is 0 Å². The largest absolute Gasteiger partial charge is 0.394 e. The predicted molar refractivity (Wildman–Crippen MR) is 165 cm³/mol. The van der Waals surface area contributed by atoms with Gasteiger partial charge >= 0.3 is 0 Å². The third kappa shape index (κ3) is 22.2. The summed E-state index contributed by atoms with van der Waals surface area (Å²) in [6.07, 6.45) is -7.53. The van der Waals surface area contributed by atoms with Crippen LogP contribution in [0.1, 0.15) is 13.8 Å². The summed E-state index contributed by atoms with van der Waals surface area (Å²) in [7, 11) is 0. The molecule has 7 N–H and O–H groups in total. The minimum absolute atomic E-state index is 0.384. The van der Waals surface area contributed by atoms with Gasteiger partial charge < -0.3 is 40.7 Å². The zero-order valence-electron chi connectivity index (χ0n) is 24.1. The predicted octanol–water partition coefficient (Wildman–Crippen LogP) is -3.63. The van der Waals surface area contributed by atoms with Crippen LogP contribution in [0.2, 0.25) is 0 Å². The minimum atomic E-state index is -1.68. The number of ether oxygens (including phenoxy) is 1. The first kappa shape index (κ1) is 38.9. The Kier molecular flexibility index (Phi) is 23.2. The van der Waals surface area contributed by atoms with Gasteiger partial charge in [-0.25, -0.2) is 0 Å². The molecule has 0 saturated carbocycles. The normalized spacial score (nSPS) is 11.6. The lowest BCUT2D eigenvalue weighted by molar-refractivity contribution is -0.121. The molecule has 0 spiro atoms. The smallest absolute Gasteiger partial charge is 0.297 e. The van der Waals surface area contributed by atoms with Crippen molar-refractivity contribution in [2.45, 2.75) is 50.4 Å². The van der Waals surface area contributed by atoms with Gasteiger partial charge in [-0.15, -0.1) is 0 Å². The molecule has 6 atom stereocenters. The Morgan fingerprint density at radius 3 is 1.31 bits per heavy atom. The fourth-order valence-corrected chi connectivity index (χ4v) is 2.32. The third-order valence-electron chi connectivity index (χ3n) is 4.40. The molecule has 1 unspecified atom stereocenters. The van der Waals surface area contributed by atoms with Gasteiger partial charge in [-0.1, -0.05) is 5.92 Å². The number of aliphatic hydroxyl groups excluding tert-OH is 6. The Labute approximate surface area is 263 Å². The second kappa shape index (κ2) is 26.8. The first-order chi connectivity index (χ1) is 21.7. The number of hydrogen-bond acceptors (Lipinski definition) is 8. The zero-order valence-corrected chi connectivity index (χ0v) is 24.1. The van der Waals surface area contributed by atoms with Gasteiger partial charge in [-0.3, -0.25) is 4.79 Å². The van der Waals surface area contributed by atoms with E-state index in [9.17, 15) is 30.3 Å². The Morgan fingerprint density at radius 1 is 0.578 bits per heavy atom. The second-order valence-electron chi connectivity index (χ2n) is 7.78. The molecule has 0 heterocycles. The minimum Gasteiger partial charge on any atom is -0.394 e. The van der Waals surface area contributed by atoms with Crippen LogP contribution >= 0.6 is 0 Å². The number of amides is 1. The second-order valence-corrected chi connectivity index (χ2v) is 7.78. The van der Waals surface area contributed by atoms with E-state index in [1.165, 1.54) is 6.92 Å². The van der Waals surface area contributed by atoms with Gasteiger partial charge in [0.15, 0.2) is 0 Å². The topological polar surface area (TPSA) is 160 Å². The van der Waals surface area contributed by atoms with Crippen LogP contribution in [0.25, 0.3) is 0 Å². The molecule has 0 aliphatic carbocycles. The van der Waals surface area contributed by atoms with Crippen molar-refractivity contribution in [3.63, 3.8) is 0 Å². The standard InChI is InChI=1S/C36H25NO8/c1-3-4-5-6-7-8-9-10-11-12-13-14-15-16-17-18-19-20-21-22-23-24-25-26-34(42)37-31(35(43)30(2)39)28-45-29-33(41)36(44)32(40)27-38/h30-33,35-36,38-41,43-44H,27-29H2,1-2H3,(H,37,42)/t30-,31+,32+,33-,35-,36?/m1/s1. The lowest BCUT2D eigenvalue weighted by Crippen LogP contribution is -2.51. The molecule has 222 valence electrons. The van der Waals surface area contributed by atoms with E-state index in [4.69, 9.17) is 9.84 Å². The lowest BCUT2D eigenvalue weighted by atomic mass is 10.1. The highest BCUT2D eigenvalue weighted by Crippen LogP contribution is 2.04. The van der Waals surface area contributed by atoms with Crippen molar-refractivity contribution in [3.05, 3.63) is 0 Å². The van der Waals surface area contributed by atoms with Gasteiger partial charge in [0.25, 0.3) is 5.91 Å². The van der Waals surface area contributed by atoms with E-state index in [-0.39, 0.29) is 6.61 Å². The molecule has 45 heavy (non-hydrogen) atoms. The van der Waals surface area contributed by atoms with Gasteiger partial charge in [0.2, 0.25) is 0 Å². The van der Waals surface area contributed by atoms with Crippen LogP contribution in [0, 0.1) is 142 Å². The SMILES string of the molecule is CC#CC#CC#CC#CC#CC#CC#CC#CC#CC#CC#CC#CC(=O)N[C@@H](COC[C@@H](O)C(O)[C@@H](O)CO)[C@H](O)[C@@H](C)O. The lowest BCUT2D eigenvalue weighted by Gasteiger charge is -2.26. The molecule has 1 amide bonds. The van der Waals surface area contributed by atoms with Crippen LogP contribution in [0.3, 0.4) is 0 Å². The van der Waals surface area contributed by atoms with Crippen LogP contribution in [-0.4, -0.2) is 92.9 Å². The molecule has 0 bridgehead atoms. The molecule has 0 aromatic rings. The van der Waals surface area contributed by atoms with Gasteiger partial charge in [-0.05, 0) is 109 Å². The molecular formula is C36H25NO8. The summed E-state index contributed by atoms with van der Waals surface area (Å²) < 4.78 is 5.16. The summed E-state index contributed by atoms with van der Waals surface area (Å²) in [5, 5.41) is 59.6. The maximum atomic E-state index is 12.1. The average molecular weight is 600 g/mol. The van der Waals surface area contributed by atoms with Crippen LogP contribution < -0.4 is 5.32 Å².